The fourth-order valence-corrected chi connectivity index (χ4v) is 4.89. The van der Waals surface area contributed by atoms with E-state index in [2.05, 4.69) is 54.8 Å². The van der Waals surface area contributed by atoms with Crippen molar-refractivity contribution >= 4 is 17.6 Å². The Hall–Kier alpha value is -3.84. The molecular formula is C34H38ClN2O4+. The minimum absolute atomic E-state index is 0.394. The summed E-state index contributed by atoms with van der Waals surface area (Å²) in [5.41, 5.74) is 10.2. The molecule has 0 heterocycles. The number of carbonyl (C=O) groups is 1. The Morgan fingerprint density at radius 2 is 1.41 bits per heavy atom. The highest BCUT2D eigenvalue weighted by atomic mass is 35.5. The number of carboxylic acid groups (broad SMARTS) is 1. The summed E-state index contributed by atoms with van der Waals surface area (Å²) >= 11 is 6.72. The molecule has 0 spiro atoms. The monoisotopic (exact) mass is 573 g/mol. The smallest absolute Gasteiger partial charge is 0.362 e. The number of nitrogens with zero attached hydrogens (tertiary/aromatic N) is 1. The van der Waals surface area contributed by atoms with Gasteiger partial charge in [-0.2, -0.15) is 0 Å². The molecule has 0 fully saturated rings. The van der Waals surface area contributed by atoms with Crippen LogP contribution in [-0.4, -0.2) is 28.6 Å². The van der Waals surface area contributed by atoms with Gasteiger partial charge in [-0.05, 0) is 43.2 Å². The molecule has 0 aliphatic rings. The summed E-state index contributed by atoms with van der Waals surface area (Å²) in [6, 6.07) is 29.4. The maximum absolute atomic E-state index is 11.5. The van der Waals surface area contributed by atoms with Crippen LogP contribution in [0, 0.1) is 13.8 Å². The number of halogens is 1. The molecular weight excluding hydrogens is 536 g/mol. The molecule has 4 rings (SSSR count). The molecule has 1 atom stereocenters. The summed E-state index contributed by atoms with van der Waals surface area (Å²) in [6.07, 6.45) is 0.394. The SMILES string of the molecule is Cc1cccc(COc2ccccc2CN(CCC([NH3+])C(=O)O)Cc2c(Cl)cccc2OCc2cccc(C)c2)c1. The van der Waals surface area contributed by atoms with Crippen molar-refractivity contribution in [3.05, 3.63) is 129 Å². The zero-order valence-corrected chi connectivity index (χ0v) is 24.4. The van der Waals surface area contributed by atoms with Crippen LogP contribution >= 0.6 is 11.6 Å². The Balaban J connectivity index is 1.55. The summed E-state index contributed by atoms with van der Waals surface area (Å²) < 4.78 is 12.5. The minimum atomic E-state index is -0.910. The van der Waals surface area contributed by atoms with Crippen LogP contribution in [0.5, 0.6) is 11.5 Å². The van der Waals surface area contributed by atoms with Crippen molar-refractivity contribution < 1.29 is 25.1 Å². The van der Waals surface area contributed by atoms with Crippen molar-refractivity contribution in [2.45, 2.75) is 52.6 Å². The highest BCUT2D eigenvalue weighted by Crippen LogP contribution is 2.30. The van der Waals surface area contributed by atoms with Crippen LogP contribution in [0.4, 0.5) is 0 Å². The molecule has 0 aromatic heterocycles. The molecule has 0 aliphatic heterocycles. The van der Waals surface area contributed by atoms with Gasteiger partial charge in [-0.3, -0.25) is 4.90 Å². The number of aryl methyl sites for hydroxylation is 2. The number of carboxylic acids is 1. The standard InChI is InChI=1S/C34H37ClN2O4/c1-24-8-5-10-26(18-24)22-40-32-14-4-3-12-28(32)20-37(17-16-31(36)34(38)39)21-29-30(35)13-7-15-33(29)41-23-27-11-6-9-25(2)19-27/h3-15,18-19,31H,16-17,20-23,36H2,1-2H3,(H,38,39)/p+1. The van der Waals surface area contributed by atoms with E-state index in [4.69, 9.17) is 21.1 Å². The largest absolute Gasteiger partial charge is 0.489 e. The van der Waals surface area contributed by atoms with Crippen LogP contribution in [0.25, 0.3) is 0 Å². The number of ether oxygens (including phenoxy) is 2. The quantitative estimate of drug-likeness (QED) is 0.187. The van der Waals surface area contributed by atoms with Crippen molar-refractivity contribution in [3.8, 4) is 11.5 Å². The Kier molecular flexibility index (Phi) is 10.8. The normalized spacial score (nSPS) is 11.8. The van der Waals surface area contributed by atoms with Crippen LogP contribution in [0.3, 0.4) is 0 Å². The maximum atomic E-state index is 11.5. The highest BCUT2D eigenvalue weighted by Gasteiger charge is 2.21. The average Bonchev–Trinajstić information content (AvgIpc) is 2.95. The summed E-state index contributed by atoms with van der Waals surface area (Å²) in [5.74, 6) is 0.586. The Labute approximate surface area is 247 Å². The van der Waals surface area contributed by atoms with Crippen molar-refractivity contribution in [2.24, 2.45) is 0 Å². The molecule has 0 aliphatic carbocycles. The second-order valence-electron chi connectivity index (χ2n) is 10.4. The molecule has 0 bridgehead atoms. The topological polar surface area (TPSA) is 86.6 Å². The number of para-hydroxylation sites is 1. The molecule has 7 heteroatoms. The van der Waals surface area contributed by atoms with Gasteiger partial charge < -0.3 is 20.3 Å². The second-order valence-corrected chi connectivity index (χ2v) is 10.8. The lowest BCUT2D eigenvalue weighted by Gasteiger charge is -2.25. The van der Waals surface area contributed by atoms with Crippen LogP contribution in [0.2, 0.25) is 5.02 Å². The minimum Gasteiger partial charge on any atom is -0.489 e. The van der Waals surface area contributed by atoms with Gasteiger partial charge in [0.15, 0.2) is 6.04 Å². The molecule has 4 N–H and O–H groups in total. The predicted octanol–water partition coefficient (Wildman–Crippen LogP) is 6.20. The van der Waals surface area contributed by atoms with Crippen molar-refractivity contribution in [1.82, 2.24) is 4.90 Å². The second kappa shape index (κ2) is 14.7. The molecule has 6 nitrogen and oxygen atoms in total. The number of aliphatic carboxylic acids is 1. The van der Waals surface area contributed by atoms with Gasteiger partial charge in [-0.25, -0.2) is 4.79 Å². The Bertz CT molecular complexity index is 1460. The van der Waals surface area contributed by atoms with Gasteiger partial charge in [0, 0.05) is 42.2 Å². The zero-order chi connectivity index (χ0) is 29.2. The van der Waals surface area contributed by atoms with Gasteiger partial charge in [-0.1, -0.05) is 95.5 Å². The van der Waals surface area contributed by atoms with Crippen LogP contribution in [0.15, 0.2) is 91.0 Å². The first-order valence-electron chi connectivity index (χ1n) is 13.8. The number of hydrogen-bond acceptors (Lipinski definition) is 4. The van der Waals surface area contributed by atoms with E-state index in [-0.39, 0.29) is 0 Å². The predicted molar refractivity (Wildman–Crippen MR) is 162 cm³/mol. The molecule has 4 aromatic carbocycles. The third-order valence-corrected chi connectivity index (χ3v) is 7.27. The lowest BCUT2D eigenvalue weighted by Crippen LogP contribution is -2.65. The highest BCUT2D eigenvalue weighted by molar-refractivity contribution is 6.31. The Morgan fingerprint density at radius 3 is 2.05 bits per heavy atom. The van der Waals surface area contributed by atoms with E-state index < -0.39 is 12.0 Å². The third kappa shape index (κ3) is 9.08. The van der Waals surface area contributed by atoms with Gasteiger partial charge in [0.2, 0.25) is 0 Å². The van der Waals surface area contributed by atoms with Gasteiger partial charge in [0.05, 0.1) is 0 Å². The molecule has 4 aromatic rings. The van der Waals surface area contributed by atoms with Gasteiger partial charge in [0.1, 0.15) is 24.7 Å². The molecule has 0 radical (unpaired) electrons. The average molecular weight is 574 g/mol. The number of benzene rings is 4. The molecule has 214 valence electrons. The van der Waals surface area contributed by atoms with Crippen molar-refractivity contribution in [1.29, 1.82) is 0 Å². The summed E-state index contributed by atoms with van der Waals surface area (Å²) in [4.78, 5) is 13.7. The van der Waals surface area contributed by atoms with E-state index in [1.165, 1.54) is 11.1 Å². The summed E-state index contributed by atoms with van der Waals surface area (Å²) in [6.45, 7) is 6.53. The van der Waals surface area contributed by atoms with Gasteiger partial charge in [-0.15, -0.1) is 0 Å². The molecule has 0 saturated carbocycles. The van der Waals surface area contributed by atoms with Crippen molar-refractivity contribution in [2.75, 3.05) is 6.54 Å². The van der Waals surface area contributed by atoms with Crippen LogP contribution < -0.4 is 15.2 Å². The van der Waals surface area contributed by atoms with Gasteiger partial charge >= 0.3 is 5.97 Å². The van der Waals surface area contributed by atoms with E-state index in [0.29, 0.717) is 50.0 Å². The maximum Gasteiger partial charge on any atom is 0.362 e. The molecule has 1 unspecified atom stereocenters. The first kappa shape index (κ1) is 30.1. The first-order chi connectivity index (χ1) is 19.8. The fourth-order valence-electron chi connectivity index (χ4n) is 4.67. The number of hydrogen-bond donors (Lipinski definition) is 2. The lowest BCUT2D eigenvalue weighted by atomic mass is 10.1. The lowest BCUT2D eigenvalue weighted by molar-refractivity contribution is -0.409. The molecule has 0 saturated heterocycles. The van der Waals surface area contributed by atoms with E-state index in [1.54, 1.807) is 0 Å². The van der Waals surface area contributed by atoms with Crippen LogP contribution in [-0.2, 0) is 31.1 Å². The Morgan fingerprint density at radius 1 is 0.829 bits per heavy atom. The first-order valence-corrected chi connectivity index (χ1v) is 14.2. The number of quaternary nitrogens is 1. The zero-order valence-electron chi connectivity index (χ0n) is 23.7. The van der Waals surface area contributed by atoms with E-state index >= 15 is 0 Å². The number of rotatable bonds is 14. The van der Waals surface area contributed by atoms with Gasteiger partial charge in [0.25, 0.3) is 0 Å². The van der Waals surface area contributed by atoms with Crippen molar-refractivity contribution in [3.63, 3.8) is 0 Å². The van der Waals surface area contributed by atoms with E-state index in [0.717, 1.165) is 28.0 Å². The van der Waals surface area contributed by atoms with Crippen LogP contribution in [0.1, 0.15) is 39.8 Å². The van der Waals surface area contributed by atoms with E-state index in [1.807, 2.05) is 60.7 Å². The molecule has 41 heavy (non-hydrogen) atoms. The fraction of sp³-hybridized carbons (Fsp3) is 0.265. The van der Waals surface area contributed by atoms with E-state index in [9.17, 15) is 9.90 Å². The summed E-state index contributed by atoms with van der Waals surface area (Å²) in [5, 5.41) is 10.1. The molecule has 0 amide bonds. The summed E-state index contributed by atoms with van der Waals surface area (Å²) in [7, 11) is 0. The third-order valence-electron chi connectivity index (χ3n) is 6.92.